The molecule has 5 nitrogen and oxygen atoms in total. The van der Waals surface area contributed by atoms with Gasteiger partial charge in [-0.3, -0.25) is 0 Å². The minimum Gasteiger partial charge on any atom is -0.393 e. The summed E-state index contributed by atoms with van der Waals surface area (Å²) in [5, 5.41) is 12.8. The molecule has 0 aliphatic heterocycles. The molecule has 0 aliphatic rings. The van der Waals surface area contributed by atoms with E-state index in [9.17, 15) is 0 Å². The largest absolute Gasteiger partial charge is 0.393 e. The number of aliphatic hydroxyl groups is 1. The Balaban J connectivity index is 2.35. The summed E-state index contributed by atoms with van der Waals surface area (Å²) in [4.78, 5) is 4.11. The van der Waals surface area contributed by atoms with Crippen LogP contribution < -0.4 is 0 Å². The van der Waals surface area contributed by atoms with E-state index in [1.54, 1.807) is 6.92 Å². The van der Waals surface area contributed by atoms with E-state index in [1.807, 2.05) is 6.92 Å². The third-order valence-corrected chi connectivity index (χ3v) is 1.72. The van der Waals surface area contributed by atoms with E-state index in [-0.39, 0.29) is 6.10 Å². The molecular formula is C9H16N2O3. The van der Waals surface area contributed by atoms with Crippen LogP contribution in [0.25, 0.3) is 0 Å². The number of nitrogens with zero attached hydrogens (tertiary/aromatic N) is 2. The zero-order chi connectivity index (χ0) is 10.4. The fourth-order valence-corrected chi connectivity index (χ4v) is 0.976. The summed E-state index contributed by atoms with van der Waals surface area (Å²) in [5.41, 5.74) is 0. The molecule has 0 aromatic carbocycles. The molecule has 0 amide bonds. The van der Waals surface area contributed by atoms with Crippen LogP contribution in [0.1, 0.15) is 32.0 Å². The molecule has 80 valence electrons. The van der Waals surface area contributed by atoms with Crippen molar-refractivity contribution in [1.82, 2.24) is 10.1 Å². The van der Waals surface area contributed by atoms with E-state index >= 15 is 0 Å². The van der Waals surface area contributed by atoms with Crippen molar-refractivity contribution in [2.24, 2.45) is 0 Å². The molecule has 0 radical (unpaired) electrons. The Bertz CT molecular complexity index is 260. The standard InChI is InChI=1S/C9H16N2O3/c1-3-13-6-8-10-9(14-11-8)5-4-7(2)12/h7,12H,3-6H2,1-2H3. The van der Waals surface area contributed by atoms with Crippen LogP contribution in [0, 0.1) is 0 Å². The summed E-state index contributed by atoms with van der Waals surface area (Å²) in [7, 11) is 0. The first-order chi connectivity index (χ1) is 6.72. The van der Waals surface area contributed by atoms with Gasteiger partial charge in [-0.2, -0.15) is 4.98 Å². The summed E-state index contributed by atoms with van der Waals surface area (Å²) >= 11 is 0. The lowest BCUT2D eigenvalue weighted by Gasteiger charge is -1.98. The number of ether oxygens (including phenoxy) is 1. The minimum absolute atomic E-state index is 0.336. The number of aromatic nitrogens is 2. The number of rotatable bonds is 6. The maximum absolute atomic E-state index is 9.05. The highest BCUT2D eigenvalue weighted by molar-refractivity contribution is 4.84. The molecule has 5 heteroatoms. The minimum atomic E-state index is -0.336. The van der Waals surface area contributed by atoms with Crippen LogP contribution in [0.2, 0.25) is 0 Å². The molecule has 1 aromatic heterocycles. The summed E-state index contributed by atoms with van der Waals surface area (Å²) in [5.74, 6) is 1.12. The maximum Gasteiger partial charge on any atom is 0.226 e. The van der Waals surface area contributed by atoms with Gasteiger partial charge in [0, 0.05) is 13.0 Å². The van der Waals surface area contributed by atoms with Crippen LogP contribution in [0.4, 0.5) is 0 Å². The second-order valence-corrected chi connectivity index (χ2v) is 3.13. The van der Waals surface area contributed by atoms with Gasteiger partial charge in [-0.05, 0) is 20.3 Å². The van der Waals surface area contributed by atoms with E-state index < -0.39 is 0 Å². The molecule has 1 unspecified atom stereocenters. The molecule has 0 aliphatic carbocycles. The average molecular weight is 200 g/mol. The maximum atomic E-state index is 9.05. The van der Waals surface area contributed by atoms with Gasteiger partial charge < -0.3 is 14.4 Å². The van der Waals surface area contributed by atoms with Gasteiger partial charge in [-0.15, -0.1) is 0 Å². The first-order valence-corrected chi connectivity index (χ1v) is 4.79. The SMILES string of the molecule is CCOCc1noc(CCC(C)O)n1. The van der Waals surface area contributed by atoms with Crippen LogP contribution in [-0.4, -0.2) is 28.0 Å². The Morgan fingerprint density at radius 1 is 1.57 bits per heavy atom. The highest BCUT2D eigenvalue weighted by Crippen LogP contribution is 2.03. The van der Waals surface area contributed by atoms with Crippen molar-refractivity contribution in [3.63, 3.8) is 0 Å². The highest BCUT2D eigenvalue weighted by Gasteiger charge is 2.07. The molecule has 0 saturated heterocycles. The van der Waals surface area contributed by atoms with Gasteiger partial charge in [0.2, 0.25) is 5.89 Å². The Hall–Kier alpha value is -0.940. The fraction of sp³-hybridized carbons (Fsp3) is 0.778. The van der Waals surface area contributed by atoms with Gasteiger partial charge in [-0.25, -0.2) is 0 Å². The lowest BCUT2D eigenvalue weighted by molar-refractivity contribution is 0.126. The molecule has 1 atom stereocenters. The quantitative estimate of drug-likeness (QED) is 0.739. The molecule has 1 rings (SSSR count). The molecule has 1 aromatic rings. The zero-order valence-corrected chi connectivity index (χ0v) is 8.56. The van der Waals surface area contributed by atoms with Gasteiger partial charge in [0.15, 0.2) is 5.82 Å². The Labute approximate surface area is 83.1 Å². The van der Waals surface area contributed by atoms with Crippen molar-refractivity contribution in [1.29, 1.82) is 0 Å². The third-order valence-electron chi connectivity index (χ3n) is 1.72. The van der Waals surface area contributed by atoms with E-state index in [1.165, 1.54) is 0 Å². The van der Waals surface area contributed by atoms with Crippen LogP contribution in [0.15, 0.2) is 4.52 Å². The second kappa shape index (κ2) is 5.72. The van der Waals surface area contributed by atoms with Crippen LogP contribution in [0.3, 0.4) is 0 Å². The number of hydrogen-bond donors (Lipinski definition) is 1. The van der Waals surface area contributed by atoms with Crippen molar-refractivity contribution < 1.29 is 14.4 Å². The van der Waals surface area contributed by atoms with E-state index in [0.717, 1.165) is 0 Å². The smallest absolute Gasteiger partial charge is 0.226 e. The summed E-state index contributed by atoms with van der Waals surface area (Å²) in [6.07, 6.45) is 0.907. The molecule has 0 fully saturated rings. The number of aliphatic hydroxyl groups excluding tert-OH is 1. The monoisotopic (exact) mass is 200 g/mol. The lowest BCUT2D eigenvalue weighted by atomic mass is 10.2. The van der Waals surface area contributed by atoms with Gasteiger partial charge in [0.25, 0.3) is 0 Å². The van der Waals surface area contributed by atoms with Gasteiger partial charge in [0.1, 0.15) is 6.61 Å². The van der Waals surface area contributed by atoms with E-state index in [2.05, 4.69) is 10.1 Å². The molecule has 1 N–H and O–H groups in total. The van der Waals surface area contributed by atoms with Crippen LogP contribution >= 0.6 is 0 Å². The van der Waals surface area contributed by atoms with E-state index in [4.69, 9.17) is 14.4 Å². The number of hydrogen-bond acceptors (Lipinski definition) is 5. The third kappa shape index (κ3) is 3.85. The summed E-state index contributed by atoms with van der Waals surface area (Å²) in [6.45, 7) is 4.66. The molecule has 1 heterocycles. The highest BCUT2D eigenvalue weighted by atomic mass is 16.5. The van der Waals surface area contributed by atoms with Gasteiger partial charge >= 0.3 is 0 Å². The van der Waals surface area contributed by atoms with Crippen molar-refractivity contribution >= 4 is 0 Å². The van der Waals surface area contributed by atoms with E-state index in [0.29, 0.717) is 37.8 Å². The number of aryl methyl sites for hydroxylation is 1. The zero-order valence-electron chi connectivity index (χ0n) is 8.56. The van der Waals surface area contributed by atoms with Crippen molar-refractivity contribution in [2.45, 2.75) is 39.4 Å². The average Bonchev–Trinajstić information content (AvgIpc) is 2.59. The normalized spacial score (nSPS) is 13.1. The Kier molecular flexibility index (Phi) is 4.55. The predicted octanol–water partition coefficient (Wildman–Crippen LogP) is 0.919. The Morgan fingerprint density at radius 2 is 2.36 bits per heavy atom. The van der Waals surface area contributed by atoms with Crippen molar-refractivity contribution in [2.75, 3.05) is 6.61 Å². The molecule has 0 bridgehead atoms. The van der Waals surface area contributed by atoms with Gasteiger partial charge in [-0.1, -0.05) is 5.16 Å². The lowest BCUT2D eigenvalue weighted by Crippen LogP contribution is -2.01. The summed E-state index contributed by atoms with van der Waals surface area (Å²) < 4.78 is 10.1. The molecule has 0 saturated carbocycles. The van der Waals surface area contributed by atoms with Crippen molar-refractivity contribution in [3.05, 3.63) is 11.7 Å². The molecule has 0 spiro atoms. The Morgan fingerprint density at radius 3 is 3.00 bits per heavy atom. The van der Waals surface area contributed by atoms with Gasteiger partial charge in [0.05, 0.1) is 6.10 Å². The fourth-order valence-electron chi connectivity index (χ4n) is 0.976. The molecule has 14 heavy (non-hydrogen) atoms. The molecular weight excluding hydrogens is 184 g/mol. The van der Waals surface area contributed by atoms with Crippen molar-refractivity contribution in [3.8, 4) is 0 Å². The first kappa shape index (κ1) is 11.1. The van der Waals surface area contributed by atoms with Crippen LogP contribution in [0.5, 0.6) is 0 Å². The first-order valence-electron chi connectivity index (χ1n) is 4.79. The topological polar surface area (TPSA) is 68.4 Å². The second-order valence-electron chi connectivity index (χ2n) is 3.13. The predicted molar refractivity (Wildman–Crippen MR) is 49.6 cm³/mol. The summed E-state index contributed by atoms with van der Waals surface area (Å²) in [6, 6.07) is 0. The van der Waals surface area contributed by atoms with Crippen LogP contribution in [-0.2, 0) is 17.8 Å².